The summed E-state index contributed by atoms with van der Waals surface area (Å²) >= 11 is 0. The summed E-state index contributed by atoms with van der Waals surface area (Å²) in [6.07, 6.45) is 4.88. The van der Waals surface area contributed by atoms with Gasteiger partial charge >= 0.3 is 0 Å². The number of benzene rings is 9. The van der Waals surface area contributed by atoms with Crippen molar-refractivity contribution in [2.24, 2.45) is 0 Å². The highest BCUT2D eigenvalue weighted by atomic mass is 15.1. The molecule has 11 aromatic rings. The quantitative estimate of drug-likeness (QED) is 0.156. The number of fused-ring (bicyclic) bond motifs is 9. The molecule has 0 spiro atoms. The zero-order valence-corrected chi connectivity index (χ0v) is 37.9. The van der Waals surface area contributed by atoms with Gasteiger partial charge < -0.3 is 14.0 Å². The summed E-state index contributed by atoms with van der Waals surface area (Å²) in [6, 6.07) is 80.2. The minimum Gasteiger partial charge on any atom is -0.311 e. The molecule has 0 fully saturated rings. The molecule has 13 rings (SSSR count). The zero-order valence-electron chi connectivity index (χ0n) is 37.9. The van der Waals surface area contributed by atoms with Crippen molar-refractivity contribution in [1.29, 1.82) is 0 Å². The van der Waals surface area contributed by atoms with Crippen molar-refractivity contribution in [3.8, 4) is 33.6 Å². The summed E-state index contributed by atoms with van der Waals surface area (Å²) in [5.41, 5.74) is 21.1. The van der Waals surface area contributed by atoms with Gasteiger partial charge in [-0.25, -0.2) is 0 Å². The van der Waals surface area contributed by atoms with E-state index in [1.54, 1.807) is 0 Å². The average Bonchev–Trinajstić information content (AvgIpc) is 3.91. The standard InChI is InChI=1S/C64H49N3/c1-42-52(47-31-37-51(38-32-47)65(49-33-27-45(28-34-49)43-17-7-4-8-18-43)50-35-29-46(30-36-50)44-19-9-5-10-20-44)39-40-59-60(42)54-41-56-63-61(62(54)66(59)48-21-11-6-12-22-48)53-23-13-15-25-57(53)67(63)58-26-16-14-24-55(58)64(56,2)3/h4-42,52H,1-3H3. The lowest BCUT2D eigenvalue weighted by atomic mass is 9.73. The first-order valence-electron chi connectivity index (χ1n) is 23.6. The molecule has 9 aromatic carbocycles. The fraction of sp³-hybridized carbons (Fsp3) is 0.0938. The number of hydrogen-bond donors (Lipinski definition) is 0. The summed E-state index contributed by atoms with van der Waals surface area (Å²) in [7, 11) is 0. The van der Waals surface area contributed by atoms with Gasteiger partial charge in [-0.1, -0.05) is 179 Å². The number of nitrogens with zero attached hydrogens (tertiary/aromatic N) is 3. The molecule has 0 saturated carbocycles. The summed E-state index contributed by atoms with van der Waals surface area (Å²) in [5.74, 6) is 0.393. The van der Waals surface area contributed by atoms with Crippen molar-refractivity contribution in [2.45, 2.75) is 38.0 Å². The van der Waals surface area contributed by atoms with Crippen LogP contribution in [0.15, 0.2) is 224 Å². The largest absolute Gasteiger partial charge is 0.311 e. The molecule has 3 heterocycles. The summed E-state index contributed by atoms with van der Waals surface area (Å²) in [6.45, 7) is 7.28. The first-order valence-corrected chi connectivity index (χ1v) is 23.6. The Morgan fingerprint density at radius 3 is 1.61 bits per heavy atom. The van der Waals surface area contributed by atoms with Crippen LogP contribution in [0.5, 0.6) is 0 Å². The molecule has 0 saturated heterocycles. The number of allylic oxidation sites excluding steroid dienone is 1. The molecule has 2 atom stereocenters. The Morgan fingerprint density at radius 2 is 0.985 bits per heavy atom. The van der Waals surface area contributed by atoms with E-state index in [1.165, 1.54) is 94.3 Å². The van der Waals surface area contributed by atoms with Crippen molar-refractivity contribution in [3.05, 3.63) is 252 Å². The van der Waals surface area contributed by atoms with Gasteiger partial charge in [0.25, 0.3) is 0 Å². The second-order valence-corrected chi connectivity index (χ2v) is 18.9. The Morgan fingerprint density at radius 1 is 0.463 bits per heavy atom. The molecule has 0 N–H and O–H groups in total. The summed E-state index contributed by atoms with van der Waals surface area (Å²) < 4.78 is 5.11. The van der Waals surface area contributed by atoms with Gasteiger partial charge in [0.2, 0.25) is 0 Å². The second kappa shape index (κ2) is 15.2. The number of hydrogen-bond acceptors (Lipinski definition) is 1. The van der Waals surface area contributed by atoms with Crippen LogP contribution >= 0.6 is 0 Å². The number of rotatable bonds is 7. The van der Waals surface area contributed by atoms with Crippen molar-refractivity contribution in [1.82, 2.24) is 9.13 Å². The van der Waals surface area contributed by atoms with Gasteiger partial charge in [0, 0.05) is 50.2 Å². The lowest BCUT2D eigenvalue weighted by molar-refractivity contribution is 0.630. The van der Waals surface area contributed by atoms with Crippen LogP contribution in [0.3, 0.4) is 0 Å². The maximum absolute atomic E-state index is 2.57. The molecular weight excluding hydrogens is 811 g/mol. The van der Waals surface area contributed by atoms with Crippen molar-refractivity contribution >= 4 is 55.8 Å². The van der Waals surface area contributed by atoms with E-state index in [0.717, 1.165) is 17.1 Å². The van der Waals surface area contributed by atoms with E-state index in [0.29, 0.717) is 0 Å². The number of aromatic nitrogens is 2. The SMILES string of the molecule is CC1c2c(n(-c3ccccc3)c3c2cc2c4c3c3ccccc3n4-c3ccccc3C2(C)C)C=CC1c1ccc(N(c2ccc(-c3ccccc3)cc2)c2ccc(-c3ccccc3)cc2)cc1. The summed E-state index contributed by atoms with van der Waals surface area (Å²) in [4.78, 5) is 2.38. The molecule has 320 valence electrons. The van der Waals surface area contributed by atoms with Crippen LogP contribution < -0.4 is 4.90 Å². The van der Waals surface area contributed by atoms with E-state index in [4.69, 9.17) is 0 Å². The van der Waals surface area contributed by atoms with Crippen LogP contribution in [0, 0.1) is 0 Å². The van der Waals surface area contributed by atoms with E-state index in [2.05, 4.69) is 265 Å². The molecule has 3 heteroatoms. The molecule has 2 aromatic heterocycles. The van der Waals surface area contributed by atoms with Crippen molar-refractivity contribution in [2.75, 3.05) is 4.90 Å². The van der Waals surface area contributed by atoms with Crippen LogP contribution in [0.25, 0.3) is 72.4 Å². The fourth-order valence-electron chi connectivity index (χ4n) is 11.6. The van der Waals surface area contributed by atoms with E-state index < -0.39 is 0 Å². The first-order chi connectivity index (χ1) is 32.9. The lowest BCUT2D eigenvalue weighted by Gasteiger charge is -2.35. The highest BCUT2D eigenvalue weighted by molar-refractivity contribution is 6.23. The van der Waals surface area contributed by atoms with Gasteiger partial charge in [-0.05, 0) is 123 Å². The Kier molecular flexibility index (Phi) is 8.92. The molecule has 1 aliphatic carbocycles. The molecule has 1 aliphatic heterocycles. The maximum atomic E-state index is 2.57. The molecule has 67 heavy (non-hydrogen) atoms. The van der Waals surface area contributed by atoms with Crippen LogP contribution in [-0.2, 0) is 5.41 Å². The third-order valence-corrected chi connectivity index (χ3v) is 14.9. The van der Waals surface area contributed by atoms with Gasteiger partial charge in [0.15, 0.2) is 0 Å². The smallest absolute Gasteiger partial charge is 0.0638 e. The van der Waals surface area contributed by atoms with Crippen LogP contribution in [0.2, 0.25) is 0 Å². The minimum absolute atomic E-state index is 0.183. The maximum Gasteiger partial charge on any atom is 0.0638 e. The van der Waals surface area contributed by atoms with Gasteiger partial charge in [-0.15, -0.1) is 0 Å². The highest BCUT2D eigenvalue weighted by Gasteiger charge is 2.39. The zero-order chi connectivity index (χ0) is 44.8. The summed E-state index contributed by atoms with van der Waals surface area (Å²) in [5, 5.41) is 3.97. The van der Waals surface area contributed by atoms with E-state index in [9.17, 15) is 0 Å². The Bertz CT molecular complexity index is 3600. The predicted molar refractivity (Wildman–Crippen MR) is 282 cm³/mol. The van der Waals surface area contributed by atoms with Crippen molar-refractivity contribution < 1.29 is 0 Å². The Labute approximate surface area is 392 Å². The topological polar surface area (TPSA) is 13.1 Å². The molecule has 0 amide bonds. The highest BCUT2D eigenvalue weighted by Crippen LogP contribution is 2.54. The first kappa shape index (κ1) is 39.2. The molecule has 2 unspecified atom stereocenters. The molecule has 2 aliphatic rings. The fourth-order valence-corrected chi connectivity index (χ4v) is 11.6. The second-order valence-electron chi connectivity index (χ2n) is 18.9. The molecule has 3 nitrogen and oxygen atoms in total. The molecule has 0 radical (unpaired) electrons. The average molecular weight is 860 g/mol. The van der Waals surface area contributed by atoms with Gasteiger partial charge in [-0.2, -0.15) is 0 Å². The van der Waals surface area contributed by atoms with E-state index in [1.807, 2.05) is 0 Å². The van der Waals surface area contributed by atoms with Gasteiger partial charge in [0.1, 0.15) is 0 Å². The predicted octanol–water partition coefficient (Wildman–Crippen LogP) is 17.1. The van der Waals surface area contributed by atoms with Gasteiger partial charge in [-0.3, -0.25) is 0 Å². The van der Waals surface area contributed by atoms with Crippen LogP contribution in [0.1, 0.15) is 60.6 Å². The van der Waals surface area contributed by atoms with E-state index in [-0.39, 0.29) is 17.3 Å². The number of para-hydroxylation sites is 3. The normalized spacial score (nSPS) is 15.7. The monoisotopic (exact) mass is 859 g/mol. The Balaban J connectivity index is 0.947. The van der Waals surface area contributed by atoms with E-state index >= 15 is 0 Å². The minimum atomic E-state index is -0.201. The Hall–Kier alpha value is -8.14. The third kappa shape index (κ3) is 6.04. The molecular formula is C64H49N3. The number of anilines is 3. The van der Waals surface area contributed by atoms with Crippen molar-refractivity contribution in [3.63, 3.8) is 0 Å². The molecule has 0 bridgehead atoms. The van der Waals surface area contributed by atoms with Gasteiger partial charge in [0.05, 0.1) is 27.9 Å². The third-order valence-electron chi connectivity index (χ3n) is 14.9. The van der Waals surface area contributed by atoms with Crippen LogP contribution in [-0.4, -0.2) is 9.13 Å². The van der Waals surface area contributed by atoms with Crippen LogP contribution in [0.4, 0.5) is 17.1 Å². The lowest BCUT2D eigenvalue weighted by Crippen LogP contribution is -2.26.